The number of thiocarbonyl (C=S) groups is 1. The minimum atomic E-state index is -0.458. The van der Waals surface area contributed by atoms with Crippen LogP contribution in [0.15, 0.2) is 29.2 Å². The first-order valence-electron chi connectivity index (χ1n) is 5.52. The highest BCUT2D eigenvalue weighted by Gasteiger charge is 2.30. The molecule has 1 aromatic carbocycles. The molecule has 0 unspecified atom stereocenters. The third kappa shape index (κ3) is 2.82. The summed E-state index contributed by atoms with van der Waals surface area (Å²) in [5.41, 5.74) is 0.764. The molecular formula is C12H10N2O3S2. The van der Waals surface area contributed by atoms with E-state index >= 15 is 0 Å². The first-order chi connectivity index (χ1) is 9.02. The Labute approximate surface area is 119 Å². The summed E-state index contributed by atoms with van der Waals surface area (Å²) in [6.45, 7) is 2.40. The zero-order valence-electron chi connectivity index (χ0n) is 10.0. The highest BCUT2D eigenvalue weighted by atomic mass is 32.2. The van der Waals surface area contributed by atoms with E-state index in [9.17, 15) is 14.9 Å². The van der Waals surface area contributed by atoms with Gasteiger partial charge < -0.3 is 0 Å². The molecule has 0 saturated carbocycles. The maximum absolute atomic E-state index is 12.0. The molecule has 0 aromatic heterocycles. The number of rotatable bonds is 3. The van der Waals surface area contributed by atoms with Crippen molar-refractivity contribution in [3.8, 4) is 0 Å². The number of benzene rings is 1. The average Bonchev–Trinajstić information content (AvgIpc) is 2.64. The molecule has 0 radical (unpaired) electrons. The highest BCUT2D eigenvalue weighted by Crippen LogP contribution is 2.32. The number of carbonyl (C=O) groups is 1. The number of likely N-dealkylation sites (N-methyl/N-ethyl adjacent to an activating group) is 1. The van der Waals surface area contributed by atoms with E-state index in [1.807, 2.05) is 6.92 Å². The fraction of sp³-hybridized carbons (Fsp3) is 0.167. The number of carbonyl (C=O) groups excluding carboxylic acids is 1. The van der Waals surface area contributed by atoms with E-state index < -0.39 is 4.92 Å². The summed E-state index contributed by atoms with van der Waals surface area (Å²) in [5, 5.41) is 10.5. The van der Waals surface area contributed by atoms with E-state index in [2.05, 4.69) is 0 Å². The zero-order chi connectivity index (χ0) is 14.0. The minimum Gasteiger partial charge on any atom is -0.293 e. The number of thioether (sulfide) groups is 1. The number of amides is 1. The standard InChI is InChI=1S/C12H10N2O3S2/c1-2-13-11(15)10(19-12(13)18)7-8-3-5-9(6-4-8)14(16)17/h3-7H,2H2,1H3/b10-7+. The van der Waals surface area contributed by atoms with Crippen LogP contribution in [0.4, 0.5) is 5.69 Å². The van der Waals surface area contributed by atoms with Crippen molar-refractivity contribution in [1.29, 1.82) is 0 Å². The molecule has 0 aliphatic carbocycles. The van der Waals surface area contributed by atoms with Crippen LogP contribution in [0.5, 0.6) is 0 Å². The van der Waals surface area contributed by atoms with Crippen molar-refractivity contribution in [3.05, 3.63) is 44.8 Å². The quantitative estimate of drug-likeness (QED) is 0.371. The fourth-order valence-electron chi connectivity index (χ4n) is 1.62. The van der Waals surface area contributed by atoms with Gasteiger partial charge in [-0.05, 0) is 30.7 Å². The molecule has 0 bridgehead atoms. The molecule has 0 spiro atoms. The number of nitro benzene ring substituents is 1. The molecule has 1 amide bonds. The minimum absolute atomic E-state index is 0.0262. The summed E-state index contributed by atoms with van der Waals surface area (Å²) < 4.78 is 0.542. The lowest BCUT2D eigenvalue weighted by Crippen LogP contribution is -2.27. The van der Waals surface area contributed by atoms with Crippen molar-refractivity contribution < 1.29 is 9.72 Å². The van der Waals surface area contributed by atoms with E-state index in [1.54, 1.807) is 18.2 Å². The molecule has 1 fully saturated rings. The molecule has 19 heavy (non-hydrogen) atoms. The van der Waals surface area contributed by atoms with Crippen LogP contribution < -0.4 is 0 Å². The Morgan fingerprint density at radius 1 is 1.42 bits per heavy atom. The molecule has 0 N–H and O–H groups in total. The predicted molar refractivity (Wildman–Crippen MR) is 78.6 cm³/mol. The third-order valence-electron chi connectivity index (χ3n) is 2.59. The highest BCUT2D eigenvalue weighted by molar-refractivity contribution is 8.26. The summed E-state index contributed by atoms with van der Waals surface area (Å²) >= 11 is 6.35. The van der Waals surface area contributed by atoms with Crippen LogP contribution >= 0.6 is 24.0 Å². The fourth-order valence-corrected chi connectivity index (χ4v) is 3.00. The molecule has 0 atom stereocenters. The molecule has 1 aromatic rings. The summed E-state index contributed by atoms with van der Waals surface area (Å²) in [5.74, 6) is -0.115. The van der Waals surface area contributed by atoms with E-state index in [4.69, 9.17) is 12.2 Å². The van der Waals surface area contributed by atoms with Gasteiger partial charge in [-0.1, -0.05) is 24.0 Å². The van der Waals surface area contributed by atoms with Crippen LogP contribution in [0.25, 0.3) is 6.08 Å². The molecule has 98 valence electrons. The first-order valence-corrected chi connectivity index (χ1v) is 6.75. The second-order valence-corrected chi connectivity index (χ2v) is 5.45. The molecular weight excluding hydrogens is 284 g/mol. The lowest BCUT2D eigenvalue weighted by Gasteiger charge is -2.09. The molecule has 5 nitrogen and oxygen atoms in total. The van der Waals surface area contributed by atoms with Crippen LogP contribution in [0.1, 0.15) is 12.5 Å². The average molecular weight is 294 g/mol. The van der Waals surface area contributed by atoms with Crippen LogP contribution in [0.3, 0.4) is 0 Å². The first kappa shape index (κ1) is 13.7. The molecule has 1 saturated heterocycles. The number of hydrogen-bond donors (Lipinski definition) is 0. The topological polar surface area (TPSA) is 63.5 Å². The van der Waals surface area contributed by atoms with E-state index in [1.165, 1.54) is 28.8 Å². The largest absolute Gasteiger partial charge is 0.293 e. The smallest absolute Gasteiger partial charge is 0.269 e. The predicted octanol–water partition coefficient (Wildman–Crippen LogP) is 2.82. The Morgan fingerprint density at radius 3 is 2.53 bits per heavy atom. The second kappa shape index (κ2) is 5.50. The number of nitro groups is 1. The SMILES string of the molecule is CCN1C(=O)/C(=C\c2ccc([N+](=O)[O-])cc2)SC1=S. The van der Waals surface area contributed by atoms with Gasteiger partial charge in [0.1, 0.15) is 4.32 Å². The van der Waals surface area contributed by atoms with Crippen molar-refractivity contribution in [2.24, 2.45) is 0 Å². The summed E-state index contributed by atoms with van der Waals surface area (Å²) in [6, 6.07) is 6.03. The van der Waals surface area contributed by atoms with E-state index in [0.717, 1.165) is 5.56 Å². The van der Waals surface area contributed by atoms with Gasteiger partial charge >= 0.3 is 0 Å². The molecule has 2 rings (SSSR count). The van der Waals surface area contributed by atoms with Crippen LogP contribution in [-0.2, 0) is 4.79 Å². The maximum atomic E-state index is 12.0. The van der Waals surface area contributed by atoms with Gasteiger partial charge in [-0.3, -0.25) is 19.8 Å². The van der Waals surface area contributed by atoms with E-state index in [-0.39, 0.29) is 11.6 Å². The van der Waals surface area contributed by atoms with Gasteiger partial charge in [0.25, 0.3) is 11.6 Å². The van der Waals surface area contributed by atoms with Crippen molar-refractivity contribution in [2.75, 3.05) is 6.54 Å². The lowest BCUT2D eigenvalue weighted by molar-refractivity contribution is -0.384. The molecule has 1 aliphatic heterocycles. The zero-order valence-corrected chi connectivity index (χ0v) is 11.7. The monoisotopic (exact) mass is 294 g/mol. The maximum Gasteiger partial charge on any atom is 0.269 e. The number of hydrogen-bond acceptors (Lipinski definition) is 5. The van der Waals surface area contributed by atoms with Crippen molar-refractivity contribution in [3.63, 3.8) is 0 Å². The lowest BCUT2D eigenvalue weighted by atomic mass is 10.2. The van der Waals surface area contributed by atoms with Crippen LogP contribution in [0, 0.1) is 10.1 Å². The normalized spacial score (nSPS) is 17.3. The van der Waals surface area contributed by atoms with Gasteiger partial charge in [-0.15, -0.1) is 0 Å². The number of nitrogens with zero attached hydrogens (tertiary/aromatic N) is 2. The Balaban J connectivity index is 2.25. The van der Waals surface area contributed by atoms with Gasteiger partial charge in [-0.2, -0.15) is 0 Å². The Hall–Kier alpha value is -1.73. The van der Waals surface area contributed by atoms with E-state index in [0.29, 0.717) is 15.8 Å². The van der Waals surface area contributed by atoms with Crippen LogP contribution in [0.2, 0.25) is 0 Å². The molecule has 1 aliphatic rings. The molecule has 1 heterocycles. The number of non-ortho nitro benzene ring substituents is 1. The van der Waals surface area contributed by atoms with Crippen LogP contribution in [-0.4, -0.2) is 26.6 Å². The van der Waals surface area contributed by atoms with Gasteiger partial charge in [0.2, 0.25) is 0 Å². The van der Waals surface area contributed by atoms with Gasteiger partial charge in [0.15, 0.2) is 0 Å². The van der Waals surface area contributed by atoms with Crippen molar-refractivity contribution >= 4 is 46.0 Å². The summed E-state index contributed by atoms with van der Waals surface area (Å²) in [7, 11) is 0. The summed E-state index contributed by atoms with van der Waals surface area (Å²) in [4.78, 5) is 24.1. The second-order valence-electron chi connectivity index (χ2n) is 3.77. The van der Waals surface area contributed by atoms with Gasteiger partial charge in [0, 0.05) is 18.7 Å². The van der Waals surface area contributed by atoms with Crippen molar-refractivity contribution in [1.82, 2.24) is 4.90 Å². The summed E-state index contributed by atoms with van der Waals surface area (Å²) in [6.07, 6.45) is 1.69. The Kier molecular flexibility index (Phi) is 3.96. The van der Waals surface area contributed by atoms with Crippen molar-refractivity contribution in [2.45, 2.75) is 6.92 Å². The molecule has 7 heteroatoms. The Morgan fingerprint density at radius 2 is 2.05 bits per heavy atom. The Bertz CT molecular complexity index is 581. The third-order valence-corrected chi connectivity index (χ3v) is 3.97. The van der Waals surface area contributed by atoms with Gasteiger partial charge in [0.05, 0.1) is 9.83 Å². The van der Waals surface area contributed by atoms with Gasteiger partial charge in [-0.25, -0.2) is 0 Å².